The van der Waals surface area contributed by atoms with E-state index in [4.69, 9.17) is 15.8 Å². The summed E-state index contributed by atoms with van der Waals surface area (Å²) >= 11 is 0. The molecule has 4 nitrogen and oxygen atoms in total. The summed E-state index contributed by atoms with van der Waals surface area (Å²) in [6, 6.07) is 0. The van der Waals surface area contributed by atoms with Crippen LogP contribution in [0.5, 0.6) is 0 Å². The molecule has 3 saturated carbocycles. The van der Waals surface area contributed by atoms with Crippen LogP contribution in [0, 0.1) is 17.8 Å². The zero-order chi connectivity index (χ0) is 17.2. The molecular weight excluding hydrogens is 388 g/mol. The maximum absolute atomic E-state index is 7.38. The largest absolute Gasteiger partial charge is 2.00 e. The first-order chi connectivity index (χ1) is 12.3. The van der Waals surface area contributed by atoms with E-state index in [1.165, 1.54) is 96.3 Å². The van der Waals surface area contributed by atoms with Crippen molar-refractivity contribution in [2.24, 2.45) is 23.5 Å². The van der Waals surface area contributed by atoms with Gasteiger partial charge in [-0.3, -0.25) is 0 Å². The van der Waals surface area contributed by atoms with E-state index in [1.54, 1.807) is 0 Å². The van der Waals surface area contributed by atoms with Gasteiger partial charge in [0.1, 0.15) is 0 Å². The molecule has 0 spiro atoms. The predicted octanol–water partition coefficient (Wildman–Crippen LogP) is 6.24. The average Bonchev–Trinajstić information content (AvgIpc) is 2.70. The van der Waals surface area contributed by atoms with E-state index < -0.39 is 5.66 Å². The van der Waals surface area contributed by atoms with Crippen molar-refractivity contribution in [2.45, 2.75) is 108 Å². The van der Waals surface area contributed by atoms with Gasteiger partial charge in [-0.15, -0.1) is 6.54 Å². The van der Waals surface area contributed by atoms with E-state index in [2.05, 4.69) is 0 Å². The number of hydrogen-bond acceptors (Lipinski definition) is 2. The van der Waals surface area contributed by atoms with Crippen LogP contribution in [0.25, 0.3) is 11.5 Å². The van der Waals surface area contributed by atoms with E-state index in [0.29, 0.717) is 17.8 Å². The van der Waals surface area contributed by atoms with Crippen LogP contribution in [-0.2, 0) is 24.2 Å². The molecule has 1 aliphatic heterocycles. The maximum atomic E-state index is 7.38. The summed E-state index contributed by atoms with van der Waals surface area (Å²) in [6.45, 7) is 1.62. The first-order valence-corrected chi connectivity index (χ1v) is 11.4. The van der Waals surface area contributed by atoms with Gasteiger partial charge in [0.05, 0.1) is 5.60 Å². The van der Waals surface area contributed by atoms with E-state index in [1.807, 2.05) is 0 Å². The Bertz CT molecular complexity index is 413. The summed E-state index contributed by atoms with van der Waals surface area (Å²) in [4.78, 5) is 0. The molecular formula is C22H41N3OZn. The minimum atomic E-state index is -0.421. The van der Waals surface area contributed by atoms with Crippen LogP contribution in [0.4, 0.5) is 0 Å². The van der Waals surface area contributed by atoms with Crippen LogP contribution in [-0.4, -0.2) is 24.4 Å². The summed E-state index contributed by atoms with van der Waals surface area (Å²) < 4.78 is 6.89. The Labute approximate surface area is 179 Å². The number of nitrogens with two attached hydrogens (primary N) is 2. The third kappa shape index (κ3) is 4.33. The van der Waals surface area contributed by atoms with Crippen LogP contribution in [0.2, 0.25) is 0 Å². The molecule has 0 amide bonds. The summed E-state index contributed by atoms with van der Waals surface area (Å²) in [5.74, 6) is 1.83. The molecule has 1 saturated heterocycles. The molecule has 1 heterocycles. The maximum Gasteiger partial charge on any atom is 2.00 e. The zero-order valence-electron chi connectivity index (χ0n) is 17.5. The Morgan fingerprint density at radius 1 is 0.667 bits per heavy atom. The van der Waals surface area contributed by atoms with Crippen molar-refractivity contribution in [2.75, 3.05) is 13.2 Å². The van der Waals surface area contributed by atoms with E-state index >= 15 is 0 Å². The van der Waals surface area contributed by atoms with E-state index in [-0.39, 0.29) is 31.2 Å². The van der Waals surface area contributed by atoms with Crippen molar-refractivity contribution in [3.63, 3.8) is 0 Å². The van der Waals surface area contributed by atoms with Gasteiger partial charge in [0, 0.05) is 6.61 Å². The molecule has 4 aliphatic rings. The Kier molecular flexibility index (Phi) is 9.21. The number of nitrogens with zero attached hydrogens (tertiary/aromatic N) is 1. The van der Waals surface area contributed by atoms with Gasteiger partial charge in [0.2, 0.25) is 0 Å². The van der Waals surface area contributed by atoms with Gasteiger partial charge in [-0.25, -0.2) is 0 Å². The minimum absolute atomic E-state index is 0. The van der Waals surface area contributed by atoms with Gasteiger partial charge in [0.25, 0.3) is 0 Å². The SMILES string of the molecule is NC1(C2CCCCC2)[N-]CCOC1(C1CCCCC1)C1CCCCC1.[NH2-].[Zn+2]. The zero-order valence-corrected chi connectivity index (χ0v) is 20.4. The summed E-state index contributed by atoms with van der Waals surface area (Å²) in [7, 11) is 0. The van der Waals surface area contributed by atoms with Gasteiger partial charge in [0.15, 0.2) is 0 Å². The Balaban J connectivity index is 0.00000131. The molecule has 1 atom stereocenters. The quantitative estimate of drug-likeness (QED) is 0.539. The molecule has 4 fully saturated rings. The van der Waals surface area contributed by atoms with Gasteiger partial charge in [-0.05, 0) is 49.1 Å². The molecule has 1 unspecified atom stereocenters. The first-order valence-electron chi connectivity index (χ1n) is 11.4. The fourth-order valence-corrected chi connectivity index (χ4v) is 6.96. The topological polar surface area (TPSA) is 82.9 Å². The third-order valence-corrected chi connectivity index (χ3v) is 8.08. The molecule has 0 aromatic carbocycles. The second kappa shape index (κ2) is 10.5. The fourth-order valence-electron chi connectivity index (χ4n) is 6.96. The van der Waals surface area contributed by atoms with Crippen molar-refractivity contribution in [1.82, 2.24) is 0 Å². The first kappa shape index (κ1) is 23.7. The smallest absolute Gasteiger partial charge is 0.693 e. The second-order valence-corrected chi connectivity index (χ2v) is 9.35. The Hall–Kier alpha value is 0.463. The van der Waals surface area contributed by atoms with Crippen LogP contribution >= 0.6 is 0 Å². The Morgan fingerprint density at radius 2 is 1.07 bits per heavy atom. The molecule has 0 bridgehead atoms. The van der Waals surface area contributed by atoms with Crippen molar-refractivity contribution in [3.05, 3.63) is 11.5 Å². The third-order valence-electron chi connectivity index (χ3n) is 8.08. The molecule has 3 aliphatic carbocycles. The standard InChI is InChI=1S/C22H39N2O.H2N.Zn/c23-22(20-14-8-3-9-15-20)21(25-17-16-24-22,18-10-4-1-5-11-18)19-12-6-2-7-13-19;;/h18-20H,1-17,23H2;1H2;/q2*-1;+2. The normalized spacial score (nSPS) is 33.7. The van der Waals surface area contributed by atoms with Gasteiger partial charge in [-0.1, -0.05) is 70.6 Å². The molecule has 4 N–H and O–H groups in total. The van der Waals surface area contributed by atoms with Crippen molar-refractivity contribution in [3.8, 4) is 0 Å². The molecule has 4 rings (SSSR count). The van der Waals surface area contributed by atoms with Crippen LogP contribution in [0.15, 0.2) is 0 Å². The van der Waals surface area contributed by atoms with Gasteiger partial charge in [-0.2, -0.15) is 0 Å². The van der Waals surface area contributed by atoms with Crippen LogP contribution < -0.4 is 5.73 Å². The van der Waals surface area contributed by atoms with Crippen molar-refractivity contribution < 1.29 is 24.2 Å². The number of rotatable bonds is 3. The second-order valence-electron chi connectivity index (χ2n) is 9.35. The predicted molar refractivity (Wildman–Crippen MR) is 109 cm³/mol. The number of morpholine rings is 1. The molecule has 5 heteroatoms. The summed E-state index contributed by atoms with van der Waals surface area (Å²) in [5.41, 5.74) is 6.80. The Morgan fingerprint density at radius 3 is 1.52 bits per heavy atom. The molecule has 27 heavy (non-hydrogen) atoms. The fraction of sp³-hybridized carbons (Fsp3) is 1.00. The number of hydrogen-bond donors (Lipinski definition) is 1. The van der Waals surface area contributed by atoms with Crippen LogP contribution in [0.3, 0.4) is 0 Å². The number of ether oxygens (including phenoxy) is 1. The molecule has 0 aromatic rings. The average molecular weight is 429 g/mol. The van der Waals surface area contributed by atoms with Crippen molar-refractivity contribution in [1.29, 1.82) is 0 Å². The molecule has 0 aromatic heterocycles. The van der Waals surface area contributed by atoms with Crippen LogP contribution in [0.1, 0.15) is 96.3 Å². The molecule has 152 valence electrons. The van der Waals surface area contributed by atoms with E-state index in [9.17, 15) is 0 Å². The van der Waals surface area contributed by atoms with Gasteiger partial charge >= 0.3 is 19.5 Å². The summed E-state index contributed by atoms with van der Waals surface area (Å²) in [5, 5.41) is 5.24. The minimum Gasteiger partial charge on any atom is -0.693 e. The monoisotopic (exact) mass is 427 g/mol. The summed E-state index contributed by atoms with van der Waals surface area (Å²) in [6.07, 6.45) is 20.1. The van der Waals surface area contributed by atoms with Gasteiger partial charge < -0.3 is 21.9 Å². The molecule has 0 radical (unpaired) electrons. The van der Waals surface area contributed by atoms with E-state index in [0.717, 1.165) is 13.2 Å². The van der Waals surface area contributed by atoms with Crippen molar-refractivity contribution >= 4 is 0 Å².